The third kappa shape index (κ3) is 4.46. The van der Waals surface area contributed by atoms with Crippen molar-refractivity contribution in [2.45, 2.75) is 19.4 Å². The van der Waals surface area contributed by atoms with Gasteiger partial charge in [-0.25, -0.2) is 0 Å². The summed E-state index contributed by atoms with van der Waals surface area (Å²) in [6.45, 7) is 1.96. The summed E-state index contributed by atoms with van der Waals surface area (Å²) in [5, 5.41) is 26.8. The number of benzene rings is 3. The van der Waals surface area contributed by atoms with Gasteiger partial charge in [-0.2, -0.15) is 0 Å². The summed E-state index contributed by atoms with van der Waals surface area (Å²) in [4.78, 5) is 38.9. The summed E-state index contributed by atoms with van der Waals surface area (Å²) in [6, 6.07) is 20.2. The van der Waals surface area contributed by atoms with E-state index >= 15 is 0 Å². The Morgan fingerprint density at radius 2 is 1.54 bits per heavy atom. The number of phenolic OH excluding ortho intramolecular Hbond substituents is 2. The molecule has 0 bridgehead atoms. The van der Waals surface area contributed by atoms with Crippen molar-refractivity contribution in [3.05, 3.63) is 104 Å². The summed E-state index contributed by atoms with van der Waals surface area (Å²) < 4.78 is 0. The lowest BCUT2D eigenvalue weighted by Gasteiger charge is -2.23. The second-order valence-corrected chi connectivity index (χ2v) is 8.10. The number of amides is 1. The van der Waals surface area contributed by atoms with Gasteiger partial charge < -0.3 is 25.7 Å². The average Bonchev–Trinajstić information content (AvgIpc) is 2.89. The normalized spacial score (nSPS) is 11.7. The van der Waals surface area contributed by atoms with Crippen molar-refractivity contribution >= 4 is 28.7 Å². The zero-order chi connectivity index (χ0) is 25.1. The molecule has 4 aromatic carbocycles. The Balaban J connectivity index is 1.61. The van der Waals surface area contributed by atoms with Crippen molar-refractivity contribution in [1.29, 1.82) is 0 Å². The summed E-state index contributed by atoms with van der Waals surface area (Å²) in [6.07, 6.45) is 0.677. The highest BCUT2D eigenvalue weighted by molar-refractivity contribution is 6.09. The van der Waals surface area contributed by atoms with Crippen LogP contribution in [0.1, 0.15) is 35.3 Å². The Morgan fingerprint density at radius 1 is 0.886 bits per heavy atom. The second kappa shape index (κ2) is 9.72. The Kier molecular flexibility index (Phi) is 6.55. The van der Waals surface area contributed by atoms with Crippen molar-refractivity contribution in [2.75, 3.05) is 22.6 Å². The number of hydrogen-bond acceptors (Lipinski definition) is 7. The molecule has 0 saturated heterocycles. The van der Waals surface area contributed by atoms with Gasteiger partial charge in [-0.3, -0.25) is 14.4 Å². The fourth-order valence-electron chi connectivity index (χ4n) is 3.92. The van der Waals surface area contributed by atoms with Gasteiger partial charge in [0.1, 0.15) is 17.1 Å². The van der Waals surface area contributed by atoms with Crippen LogP contribution in [0.2, 0.25) is 0 Å². The summed E-state index contributed by atoms with van der Waals surface area (Å²) in [5.41, 5.74) is 0.110. The molecule has 0 radical (unpaired) electrons. The van der Waals surface area contributed by atoms with Crippen LogP contribution in [0.5, 0.6) is 11.5 Å². The molecule has 0 aliphatic carbocycles. The molecular weight excluding hydrogens is 446 g/mol. The van der Waals surface area contributed by atoms with Crippen LogP contribution in [0, 0.1) is 0 Å². The second-order valence-electron chi connectivity index (χ2n) is 8.10. The maximum atomic E-state index is 13.0. The fourth-order valence-corrected chi connectivity index (χ4v) is 3.92. The van der Waals surface area contributed by atoms with Gasteiger partial charge in [0.25, 0.3) is 16.8 Å². The molecule has 8 nitrogen and oxygen atoms in total. The molecule has 4 N–H and O–H groups in total. The van der Waals surface area contributed by atoms with E-state index in [0.29, 0.717) is 6.42 Å². The standard InChI is InChI=1S/C27H25N3O5/c1-3-18(16-10-5-4-6-11-16)28-22-23(26(34)25(22)33)29-19-13-9-12-17(24(19)32)27(35)30(2)20-14-7-8-15-21(20)31/h4-15,18,28-29,31-32H,3H2,1-2H3. The summed E-state index contributed by atoms with van der Waals surface area (Å²) in [7, 11) is 1.48. The van der Waals surface area contributed by atoms with E-state index in [0.717, 1.165) is 5.56 Å². The van der Waals surface area contributed by atoms with Crippen LogP contribution in [0.15, 0.2) is 82.4 Å². The first-order chi connectivity index (χ1) is 16.8. The predicted octanol–water partition coefficient (Wildman–Crippen LogP) is 4.28. The highest BCUT2D eigenvalue weighted by Gasteiger charge is 2.26. The van der Waals surface area contributed by atoms with Gasteiger partial charge in [-0.05, 0) is 36.2 Å². The molecule has 0 aliphatic heterocycles. The SMILES string of the molecule is CCC(Nc1c(Nc2cccc(C(=O)N(C)c3ccccc3O)c2O)c(=O)c1=O)c1ccccc1. The van der Waals surface area contributed by atoms with Gasteiger partial charge in [0.2, 0.25) is 0 Å². The molecule has 1 amide bonds. The van der Waals surface area contributed by atoms with Crippen LogP contribution in [-0.2, 0) is 0 Å². The molecule has 0 saturated carbocycles. The Labute approximate surface area is 201 Å². The van der Waals surface area contributed by atoms with Crippen molar-refractivity contribution in [2.24, 2.45) is 0 Å². The van der Waals surface area contributed by atoms with Crippen LogP contribution in [0.4, 0.5) is 22.7 Å². The number of nitrogens with one attached hydrogen (secondary N) is 2. The zero-order valence-electron chi connectivity index (χ0n) is 19.3. The van der Waals surface area contributed by atoms with Gasteiger partial charge in [0, 0.05) is 7.05 Å². The van der Waals surface area contributed by atoms with Gasteiger partial charge in [0.15, 0.2) is 5.75 Å². The molecular formula is C27H25N3O5. The van der Waals surface area contributed by atoms with Crippen LogP contribution >= 0.6 is 0 Å². The summed E-state index contributed by atoms with van der Waals surface area (Å²) in [5.74, 6) is -1.03. The van der Waals surface area contributed by atoms with Crippen LogP contribution < -0.4 is 26.4 Å². The van der Waals surface area contributed by atoms with Gasteiger partial charge in [0.05, 0.1) is 23.0 Å². The van der Waals surface area contributed by atoms with E-state index in [1.54, 1.807) is 24.3 Å². The molecule has 0 heterocycles. The molecule has 4 aromatic rings. The molecule has 35 heavy (non-hydrogen) atoms. The quantitative estimate of drug-likeness (QED) is 0.224. The largest absolute Gasteiger partial charge is 0.506 e. The van der Waals surface area contributed by atoms with E-state index in [-0.39, 0.29) is 45.9 Å². The maximum absolute atomic E-state index is 13.0. The first kappa shape index (κ1) is 23.6. The lowest BCUT2D eigenvalue weighted by Crippen LogP contribution is -2.37. The Hall–Kier alpha value is -4.59. The predicted molar refractivity (Wildman–Crippen MR) is 137 cm³/mol. The van der Waals surface area contributed by atoms with Crippen molar-refractivity contribution in [3.8, 4) is 11.5 Å². The van der Waals surface area contributed by atoms with Crippen LogP contribution in [0.25, 0.3) is 0 Å². The number of hydrogen-bond donors (Lipinski definition) is 4. The Bertz CT molecular complexity index is 1440. The molecule has 0 fully saturated rings. The lowest BCUT2D eigenvalue weighted by molar-refractivity contribution is 0.0990. The van der Waals surface area contributed by atoms with Crippen molar-refractivity contribution < 1.29 is 15.0 Å². The molecule has 4 rings (SSSR count). The smallest absolute Gasteiger partial charge is 0.261 e. The third-order valence-electron chi connectivity index (χ3n) is 5.91. The van der Waals surface area contributed by atoms with Gasteiger partial charge >= 0.3 is 0 Å². The molecule has 8 heteroatoms. The molecule has 0 aliphatic rings. The number of anilines is 4. The molecule has 0 spiro atoms. The van der Waals surface area contributed by atoms with Crippen molar-refractivity contribution in [3.63, 3.8) is 0 Å². The zero-order valence-corrected chi connectivity index (χ0v) is 19.3. The van der Waals surface area contributed by atoms with Crippen LogP contribution in [0.3, 0.4) is 0 Å². The number of carbonyl (C=O) groups is 1. The van der Waals surface area contributed by atoms with E-state index in [1.807, 2.05) is 37.3 Å². The highest BCUT2D eigenvalue weighted by atomic mass is 16.3. The fraction of sp³-hybridized carbons (Fsp3) is 0.148. The topological polar surface area (TPSA) is 119 Å². The highest BCUT2D eigenvalue weighted by Crippen LogP contribution is 2.35. The molecule has 1 unspecified atom stereocenters. The van der Waals surface area contributed by atoms with Crippen LogP contribution in [-0.4, -0.2) is 23.2 Å². The average molecular weight is 472 g/mol. The minimum absolute atomic E-state index is 0.0262. The number of carbonyl (C=O) groups excluding carboxylic acids is 1. The van der Waals surface area contributed by atoms with Gasteiger partial charge in [-0.1, -0.05) is 55.5 Å². The third-order valence-corrected chi connectivity index (χ3v) is 5.91. The van der Waals surface area contributed by atoms with E-state index < -0.39 is 16.8 Å². The number of para-hydroxylation sites is 3. The minimum atomic E-state index is -0.710. The molecule has 0 aromatic heterocycles. The summed E-state index contributed by atoms with van der Waals surface area (Å²) >= 11 is 0. The monoisotopic (exact) mass is 471 g/mol. The minimum Gasteiger partial charge on any atom is -0.506 e. The van der Waals surface area contributed by atoms with E-state index in [9.17, 15) is 24.6 Å². The Morgan fingerprint density at radius 3 is 2.23 bits per heavy atom. The lowest BCUT2D eigenvalue weighted by atomic mass is 10.0. The number of aromatic hydroxyl groups is 2. The first-order valence-electron chi connectivity index (χ1n) is 11.1. The number of rotatable bonds is 8. The molecule has 178 valence electrons. The van der Waals surface area contributed by atoms with Gasteiger partial charge in [-0.15, -0.1) is 0 Å². The first-order valence-corrected chi connectivity index (χ1v) is 11.1. The number of nitrogens with zero attached hydrogens (tertiary/aromatic N) is 1. The van der Waals surface area contributed by atoms with Crippen molar-refractivity contribution in [1.82, 2.24) is 0 Å². The number of phenols is 2. The van der Waals surface area contributed by atoms with E-state index in [4.69, 9.17) is 0 Å². The van der Waals surface area contributed by atoms with E-state index in [2.05, 4.69) is 10.6 Å². The molecule has 1 atom stereocenters. The maximum Gasteiger partial charge on any atom is 0.261 e. The van der Waals surface area contributed by atoms with E-state index in [1.165, 1.54) is 30.1 Å².